The van der Waals surface area contributed by atoms with Crippen molar-refractivity contribution in [2.45, 2.75) is 45.7 Å². The first-order valence-corrected chi connectivity index (χ1v) is 9.49. The van der Waals surface area contributed by atoms with E-state index < -0.39 is 5.97 Å². The fourth-order valence-corrected chi connectivity index (χ4v) is 4.01. The van der Waals surface area contributed by atoms with Gasteiger partial charge in [0.2, 0.25) is 0 Å². The smallest absolute Gasteiger partial charge is 0.356 e. The van der Waals surface area contributed by atoms with E-state index in [0.717, 1.165) is 37.4 Å². The summed E-state index contributed by atoms with van der Waals surface area (Å²) in [5.74, 6) is 0.0343. The van der Waals surface area contributed by atoms with E-state index >= 15 is 0 Å². The van der Waals surface area contributed by atoms with E-state index in [-0.39, 0.29) is 11.6 Å². The largest absolute Gasteiger partial charge is 0.476 e. The van der Waals surface area contributed by atoms with E-state index in [0.29, 0.717) is 36.5 Å². The number of carbonyl (C=O) groups excluding carboxylic acids is 1. The second kappa shape index (κ2) is 7.19. The van der Waals surface area contributed by atoms with E-state index in [1.54, 1.807) is 4.90 Å². The lowest BCUT2D eigenvalue weighted by atomic mass is 10.0. The van der Waals surface area contributed by atoms with Crippen molar-refractivity contribution in [1.82, 2.24) is 20.0 Å². The minimum absolute atomic E-state index is 0.0521. The number of nitrogens with zero attached hydrogens (tertiary/aromatic N) is 3. The van der Waals surface area contributed by atoms with Gasteiger partial charge >= 0.3 is 5.97 Å². The van der Waals surface area contributed by atoms with Crippen LogP contribution in [0.15, 0.2) is 10.5 Å². The molecule has 1 amide bonds. The number of likely N-dealkylation sites (tertiary alicyclic amines) is 1. The summed E-state index contributed by atoms with van der Waals surface area (Å²) >= 11 is 0. The predicted molar refractivity (Wildman–Crippen MR) is 96.6 cm³/mol. The number of aryl methyl sites for hydroxylation is 1. The van der Waals surface area contributed by atoms with Crippen LogP contribution < -0.4 is 0 Å². The predicted octanol–water partition coefficient (Wildman–Crippen LogP) is 2.06. The van der Waals surface area contributed by atoms with Crippen LogP contribution in [0.2, 0.25) is 0 Å². The molecule has 1 fully saturated rings. The van der Waals surface area contributed by atoms with Crippen LogP contribution in [0, 0.1) is 0 Å². The Kier molecular flexibility index (Phi) is 4.73. The normalized spacial score (nSPS) is 17.3. The second-order valence-corrected chi connectivity index (χ2v) is 7.21. The zero-order valence-corrected chi connectivity index (χ0v) is 15.5. The number of amides is 1. The van der Waals surface area contributed by atoms with E-state index in [2.05, 4.69) is 15.1 Å². The average Bonchev–Trinajstić information content (AvgIpc) is 3.40. The Morgan fingerprint density at radius 1 is 1.30 bits per heavy atom. The third-order valence-electron chi connectivity index (χ3n) is 5.44. The van der Waals surface area contributed by atoms with Gasteiger partial charge < -0.3 is 14.4 Å². The van der Waals surface area contributed by atoms with Gasteiger partial charge in [0.05, 0.1) is 12.2 Å². The van der Waals surface area contributed by atoms with Crippen molar-refractivity contribution < 1.29 is 19.1 Å². The lowest BCUT2D eigenvalue weighted by molar-refractivity contribution is 0.0688. The third kappa shape index (κ3) is 3.37. The Labute approximate surface area is 157 Å². The van der Waals surface area contributed by atoms with Gasteiger partial charge in [-0.2, -0.15) is 5.10 Å². The minimum atomic E-state index is -1.04. The van der Waals surface area contributed by atoms with Crippen LogP contribution in [-0.2, 0) is 25.9 Å². The molecular weight excluding hydrogens is 348 g/mol. The van der Waals surface area contributed by atoms with Crippen molar-refractivity contribution in [2.24, 2.45) is 0 Å². The number of carboxylic acids is 1. The summed E-state index contributed by atoms with van der Waals surface area (Å²) in [5, 5.41) is 15.8. The van der Waals surface area contributed by atoms with Crippen LogP contribution >= 0.6 is 0 Å². The molecule has 4 heterocycles. The maximum absolute atomic E-state index is 12.9. The second-order valence-electron chi connectivity index (χ2n) is 7.21. The number of hydrogen-bond donors (Lipinski definition) is 2. The summed E-state index contributed by atoms with van der Waals surface area (Å²) < 4.78 is 5.88. The van der Waals surface area contributed by atoms with Crippen molar-refractivity contribution in [1.29, 1.82) is 0 Å². The quantitative estimate of drug-likeness (QED) is 0.833. The molecule has 2 aliphatic heterocycles. The zero-order valence-electron chi connectivity index (χ0n) is 15.5. The van der Waals surface area contributed by atoms with Gasteiger partial charge in [-0.15, -0.1) is 0 Å². The molecule has 4 rings (SSSR count). The highest BCUT2D eigenvalue weighted by Crippen LogP contribution is 2.25. The minimum Gasteiger partial charge on any atom is -0.476 e. The van der Waals surface area contributed by atoms with Gasteiger partial charge in [-0.1, -0.05) is 6.92 Å². The summed E-state index contributed by atoms with van der Waals surface area (Å²) in [5.41, 5.74) is 2.52. The number of rotatable bonds is 5. The van der Waals surface area contributed by atoms with Gasteiger partial charge in [0.1, 0.15) is 5.76 Å². The Balaban J connectivity index is 1.51. The molecule has 1 saturated heterocycles. The zero-order chi connectivity index (χ0) is 19.0. The molecule has 0 unspecified atom stereocenters. The molecule has 0 bridgehead atoms. The van der Waals surface area contributed by atoms with Crippen molar-refractivity contribution in [3.05, 3.63) is 40.1 Å². The molecule has 27 heavy (non-hydrogen) atoms. The fraction of sp³-hybridized carbons (Fsp3) is 0.526. The van der Waals surface area contributed by atoms with E-state index in [1.165, 1.54) is 12.8 Å². The van der Waals surface area contributed by atoms with Crippen molar-refractivity contribution in [3.63, 3.8) is 0 Å². The fourth-order valence-electron chi connectivity index (χ4n) is 4.01. The number of hydrogen-bond acceptors (Lipinski definition) is 5. The highest BCUT2D eigenvalue weighted by atomic mass is 16.4. The van der Waals surface area contributed by atoms with Gasteiger partial charge in [0.15, 0.2) is 11.5 Å². The lowest BCUT2D eigenvalue weighted by Crippen LogP contribution is -2.36. The molecule has 0 atom stereocenters. The van der Waals surface area contributed by atoms with Crippen LogP contribution in [0.5, 0.6) is 0 Å². The number of fused-ring (bicyclic) bond motifs is 1. The number of nitrogens with one attached hydrogen (secondary N) is 1. The molecule has 8 nitrogen and oxygen atoms in total. The third-order valence-corrected chi connectivity index (χ3v) is 5.44. The average molecular weight is 372 g/mol. The topological polar surface area (TPSA) is 103 Å². The van der Waals surface area contributed by atoms with Gasteiger partial charge in [0.25, 0.3) is 5.91 Å². The number of carbonyl (C=O) groups is 2. The van der Waals surface area contributed by atoms with Crippen molar-refractivity contribution in [2.75, 3.05) is 19.6 Å². The SMILES string of the molecule is CCc1oc(C(=O)N2CCc3c(C(=O)O)n[nH]c3C2)cc1CN1CCCC1. The number of aromatic carboxylic acids is 1. The van der Waals surface area contributed by atoms with Crippen LogP contribution in [0.4, 0.5) is 0 Å². The first-order valence-electron chi connectivity index (χ1n) is 9.49. The molecule has 0 aromatic carbocycles. The summed E-state index contributed by atoms with van der Waals surface area (Å²) in [7, 11) is 0. The van der Waals surface area contributed by atoms with Crippen molar-refractivity contribution >= 4 is 11.9 Å². The molecule has 2 aliphatic rings. The maximum Gasteiger partial charge on any atom is 0.356 e. The lowest BCUT2D eigenvalue weighted by Gasteiger charge is -2.25. The number of aromatic amines is 1. The standard InChI is InChI=1S/C19H24N4O4/c1-2-15-12(10-22-6-3-4-7-22)9-16(27-15)18(24)23-8-5-13-14(11-23)20-21-17(13)19(25)26/h9H,2-8,10-11H2,1H3,(H,20,21)(H,25,26). The van der Waals surface area contributed by atoms with E-state index in [9.17, 15) is 14.7 Å². The van der Waals surface area contributed by atoms with E-state index in [4.69, 9.17) is 4.42 Å². The van der Waals surface area contributed by atoms with Crippen LogP contribution in [0.1, 0.15) is 63.4 Å². The Morgan fingerprint density at radius 2 is 2.07 bits per heavy atom. The van der Waals surface area contributed by atoms with E-state index in [1.807, 2.05) is 13.0 Å². The van der Waals surface area contributed by atoms with Crippen LogP contribution in [-0.4, -0.2) is 56.6 Å². The molecule has 2 aromatic rings. The molecule has 144 valence electrons. The van der Waals surface area contributed by atoms with Crippen LogP contribution in [0.25, 0.3) is 0 Å². The molecule has 8 heteroatoms. The van der Waals surface area contributed by atoms with Gasteiger partial charge in [0, 0.05) is 30.6 Å². The summed E-state index contributed by atoms with van der Waals surface area (Å²) in [6, 6.07) is 1.88. The first kappa shape index (κ1) is 17.8. The first-order chi connectivity index (χ1) is 13.1. The molecule has 0 saturated carbocycles. The molecular formula is C19H24N4O4. The maximum atomic E-state index is 12.9. The Morgan fingerprint density at radius 3 is 2.78 bits per heavy atom. The molecule has 2 N–H and O–H groups in total. The monoisotopic (exact) mass is 372 g/mol. The molecule has 0 spiro atoms. The number of aromatic nitrogens is 2. The summed E-state index contributed by atoms with van der Waals surface area (Å²) in [6.07, 6.45) is 3.68. The van der Waals surface area contributed by atoms with Crippen molar-refractivity contribution in [3.8, 4) is 0 Å². The molecule has 0 radical (unpaired) electrons. The Bertz CT molecular complexity index is 863. The molecule has 0 aliphatic carbocycles. The highest BCUT2D eigenvalue weighted by molar-refractivity contribution is 5.92. The summed E-state index contributed by atoms with van der Waals surface area (Å²) in [4.78, 5) is 28.2. The Hall–Kier alpha value is -2.61. The van der Waals surface area contributed by atoms with Gasteiger partial charge in [-0.25, -0.2) is 4.79 Å². The van der Waals surface area contributed by atoms with Gasteiger partial charge in [-0.3, -0.25) is 14.8 Å². The van der Waals surface area contributed by atoms with Gasteiger partial charge in [-0.05, 0) is 38.4 Å². The highest BCUT2D eigenvalue weighted by Gasteiger charge is 2.29. The number of carboxylic acid groups (broad SMARTS) is 1. The molecule has 2 aromatic heterocycles. The summed E-state index contributed by atoms with van der Waals surface area (Å²) in [6.45, 7) is 5.82. The van der Waals surface area contributed by atoms with Crippen LogP contribution in [0.3, 0.4) is 0 Å². The number of furan rings is 1. The number of H-pyrrole nitrogens is 1.